The molecule has 0 radical (unpaired) electrons. The molecular formula is C21H24BrN3O. The predicted octanol–water partition coefficient (Wildman–Crippen LogP) is 4.54. The Balaban J connectivity index is 1.49. The van der Waals surface area contributed by atoms with Crippen LogP contribution in [-0.2, 0) is 0 Å². The van der Waals surface area contributed by atoms with Crippen molar-refractivity contribution >= 4 is 27.6 Å². The van der Waals surface area contributed by atoms with E-state index in [0.717, 1.165) is 42.8 Å². The summed E-state index contributed by atoms with van der Waals surface area (Å²) in [5, 5.41) is 3.04. The highest BCUT2D eigenvalue weighted by Gasteiger charge is 2.38. The highest BCUT2D eigenvalue weighted by Crippen LogP contribution is 2.35. The summed E-state index contributed by atoms with van der Waals surface area (Å²) in [5.74, 6) is 0.494. The number of urea groups is 1. The average molecular weight is 414 g/mol. The van der Waals surface area contributed by atoms with Crippen LogP contribution < -0.4 is 5.32 Å². The van der Waals surface area contributed by atoms with Crippen LogP contribution in [0.25, 0.3) is 0 Å². The quantitative estimate of drug-likeness (QED) is 0.783. The minimum Gasteiger partial charge on any atom is -0.323 e. The number of para-hydroxylation sites is 1. The van der Waals surface area contributed by atoms with E-state index in [1.165, 1.54) is 12.0 Å². The number of nitrogens with zero attached hydrogens (tertiary/aromatic N) is 2. The zero-order chi connectivity index (χ0) is 17.9. The minimum atomic E-state index is 0.0134. The van der Waals surface area contributed by atoms with Crippen LogP contribution in [0.15, 0.2) is 59.1 Å². The van der Waals surface area contributed by atoms with Crippen molar-refractivity contribution in [3.05, 3.63) is 64.6 Å². The van der Waals surface area contributed by atoms with Gasteiger partial charge in [-0.2, -0.15) is 0 Å². The normalized spacial score (nSPS) is 23.3. The summed E-state index contributed by atoms with van der Waals surface area (Å²) >= 11 is 3.52. The van der Waals surface area contributed by atoms with Crippen molar-refractivity contribution in [3.63, 3.8) is 0 Å². The Bertz CT molecular complexity index is 750. The number of halogens is 1. The molecular weight excluding hydrogens is 390 g/mol. The second kappa shape index (κ2) is 7.80. The summed E-state index contributed by atoms with van der Waals surface area (Å²) in [6, 6.07) is 18.8. The number of anilines is 1. The number of rotatable bonds is 2. The van der Waals surface area contributed by atoms with Gasteiger partial charge in [-0.05, 0) is 49.2 Å². The van der Waals surface area contributed by atoms with E-state index in [1.54, 1.807) is 0 Å². The van der Waals surface area contributed by atoms with Crippen LogP contribution in [-0.4, -0.2) is 48.1 Å². The molecule has 2 saturated heterocycles. The van der Waals surface area contributed by atoms with E-state index >= 15 is 0 Å². The summed E-state index contributed by atoms with van der Waals surface area (Å²) in [7, 11) is 0. The SMILES string of the molecule is O=C(Nc1ccccc1)N1CCCN2CC[C@H](c3ccc(Br)cc3)[C@@H]2C1. The van der Waals surface area contributed by atoms with E-state index in [4.69, 9.17) is 0 Å². The topological polar surface area (TPSA) is 35.6 Å². The molecule has 2 aromatic rings. The first-order valence-corrected chi connectivity index (χ1v) is 10.1. The van der Waals surface area contributed by atoms with Crippen molar-refractivity contribution in [2.45, 2.75) is 24.8 Å². The Labute approximate surface area is 163 Å². The lowest BCUT2D eigenvalue weighted by atomic mass is 9.91. The molecule has 2 amide bonds. The number of carbonyl (C=O) groups is 1. The van der Waals surface area contributed by atoms with Gasteiger partial charge in [-0.15, -0.1) is 0 Å². The number of hydrogen-bond donors (Lipinski definition) is 1. The molecule has 136 valence electrons. The highest BCUT2D eigenvalue weighted by atomic mass is 79.9. The third-order valence-electron chi connectivity index (χ3n) is 5.55. The molecule has 0 bridgehead atoms. The monoisotopic (exact) mass is 413 g/mol. The summed E-state index contributed by atoms with van der Waals surface area (Å²) in [6.07, 6.45) is 2.20. The summed E-state index contributed by atoms with van der Waals surface area (Å²) in [4.78, 5) is 17.4. The molecule has 2 atom stereocenters. The number of amides is 2. The Morgan fingerprint density at radius 1 is 1.00 bits per heavy atom. The first kappa shape index (κ1) is 17.6. The van der Waals surface area contributed by atoms with Crippen molar-refractivity contribution in [1.29, 1.82) is 0 Å². The molecule has 4 nitrogen and oxygen atoms in total. The maximum Gasteiger partial charge on any atom is 0.321 e. The molecule has 0 aliphatic carbocycles. The molecule has 26 heavy (non-hydrogen) atoms. The predicted molar refractivity (Wildman–Crippen MR) is 109 cm³/mol. The first-order valence-electron chi connectivity index (χ1n) is 9.31. The van der Waals surface area contributed by atoms with Gasteiger partial charge < -0.3 is 10.2 Å². The lowest BCUT2D eigenvalue weighted by Crippen LogP contribution is -2.43. The zero-order valence-electron chi connectivity index (χ0n) is 14.8. The number of carbonyl (C=O) groups excluding carboxylic acids is 1. The summed E-state index contributed by atoms with van der Waals surface area (Å²) < 4.78 is 1.11. The minimum absolute atomic E-state index is 0.0134. The van der Waals surface area contributed by atoms with Crippen molar-refractivity contribution in [2.75, 3.05) is 31.5 Å². The third-order valence-corrected chi connectivity index (χ3v) is 6.08. The van der Waals surface area contributed by atoms with Crippen LogP contribution in [0.2, 0.25) is 0 Å². The second-order valence-electron chi connectivity index (χ2n) is 7.15. The van der Waals surface area contributed by atoms with Gasteiger partial charge in [0.2, 0.25) is 0 Å². The van der Waals surface area contributed by atoms with Gasteiger partial charge in [0.25, 0.3) is 0 Å². The van der Waals surface area contributed by atoms with Gasteiger partial charge in [0.15, 0.2) is 0 Å². The van der Waals surface area contributed by atoms with Crippen LogP contribution in [0, 0.1) is 0 Å². The first-order chi connectivity index (χ1) is 12.7. The Hall–Kier alpha value is -1.85. The fourth-order valence-corrected chi connectivity index (χ4v) is 4.49. The van der Waals surface area contributed by atoms with Gasteiger partial charge in [-0.1, -0.05) is 46.3 Å². The van der Waals surface area contributed by atoms with Gasteiger partial charge in [0.1, 0.15) is 0 Å². The Morgan fingerprint density at radius 3 is 2.54 bits per heavy atom. The molecule has 2 aliphatic rings. The number of benzene rings is 2. The van der Waals surface area contributed by atoms with Gasteiger partial charge >= 0.3 is 6.03 Å². The van der Waals surface area contributed by atoms with Gasteiger partial charge in [0.05, 0.1) is 0 Å². The lowest BCUT2D eigenvalue weighted by Gasteiger charge is -2.30. The standard InChI is InChI=1S/C21H24BrN3O/c22-17-9-7-16(8-10-17)19-11-14-24-12-4-13-25(15-20(19)24)21(26)23-18-5-2-1-3-6-18/h1-3,5-10,19-20H,4,11-15H2,(H,23,26)/t19-,20+/m1/s1. The molecule has 0 aromatic heterocycles. The molecule has 1 N–H and O–H groups in total. The lowest BCUT2D eigenvalue weighted by molar-refractivity contribution is 0.197. The van der Waals surface area contributed by atoms with Crippen molar-refractivity contribution in [3.8, 4) is 0 Å². The Morgan fingerprint density at radius 2 is 1.77 bits per heavy atom. The fraction of sp³-hybridized carbons (Fsp3) is 0.381. The van der Waals surface area contributed by atoms with Crippen molar-refractivity contribution < 1.29 is 4.79 Å². The average Bonchev–Trinajstić information content (AvgIpc) is 2.92. The highest BCUT2D eigenvalue weighted by molar-refractivity contribution is 9.10. The van der Waals surface area contributed by atoms with Gasteiger partial charge in [-0.3, -0.25) is 4.90 Å². The van der Waals surface area contributed by atoms with Crippen LogP contribution in [0.5, 0.6) is 0 Å². The molecule has 0 saturated carbocycles. The second-order valence-corrected chi connectivity index (χ2v) is 8.06. The van der Waals surface area contributed by atoms with Gasteiger partial charge in [-0.25, -0.2) is 4.79 Å². The fourth-order valence-electron chi connectivity index (χ4n) is 4.23. The maximum absolute atomic E-state index is 12.8. The largest absolute Gasteiger partial charge is 0.323 e. The molecule has 0 spiro atoms. The van der Waals surface area contributed by atoms with E-state index in [9.17, 15) is 4.79 Å². The van der Waals surface area contributed by atoms with Crippen molar-refractivity contribution in [2.24, 2.45) is 0 Å². The Kier molecular flexibility index (Phi) is 5.27. The summed E-state index contributed by atoms with van der Waals surface area (Å²) in [5.41, 5.74) is 2.24. The van der Waals surface area contributed by atoms with E-state index < -0.39 is 0 Å². The van der Waals surface area contributed by atoms with Crippen molar-refractivity contribution in [1.82, 2.24) is 9.80 Å². The maximum atomic E-state index is 12.8. The van der Waals surface area contributed by atoms with Crippen LogP contribution in [0.3, 0.4) is 0 Å². The third kappa shape index (κ3) is 3.79. The molecule has 2 aliphatic heterocycles. The molecule has 4 rings (SSSR count). The molecule has 2 heterocycles. The van der Waals surface area contributed by atoms with Gasteiger partial charge in [0, 0.05) is 41.8 Å². The molecule has 2 aromatic carbocycles. The van der Waals surface area contributed by atoms with Crippen LogP contribution in [0.4, 0.5) is 10.5 Å². The van der Waals surface area contributed by atoms with Crippen LogP contribution >= 0.6 is 15.9 Å². The molecule has 5 heteroatoms. The number of fused-ring (bicyclic) bond motifs is 1. The number of nitrogens with one attached hydrogen (secondary N) is 1. The van der Waals surface area contributed by atoms with Crippen LogP contribution in [0.1, 0.15) is 24.3 Å². The van der Waals surface area contributed by atoms with E-state index in [-0.39, 0.29) is 6.03 Å². The molecule has 0 unspecified atom stereocenters. The van der Waals surface area contributed by atoms with E-state index in [0.29, 0.717) is 12.0 Å². The zero-order valence-corrected chi connectivity index (χ0v) is 16.4. The number of hydrogen-bond acceptors (Lipinski definition) is 2. The molecule has 2 fully saturated rings. The van der Waals surface area contributed by atoms with E-state index in [1.807, 2.05) is 35.2 Å². The summed E-state index contributed by atoms with van der Waals surface area (Å²) in [6.45, 7) is 3.81. The van der Waals surface area contributed by atoms with E-state index in [2.05, 4.69) is 50.4 Å². The smallest absolute Gasteiger partial charge is 0.321 e.